The summed E-state index contributed by atoms with van der Waals surface area (Å²) in [6.45, 7) is 2.96. The normalized spacial score (nSPS) is 17.0. The van der Waals surface area contributed by atoms with Crippen LogP contribution in [0, 0.1) is 5.82 Å². The molecule has 0 radical (unpaired) electrons. The van der Waals surface area contributed by atoms with Crippen LogP contribution >= 0.6 is 7.82 Å². The van der Waals surface area contributed by atoms with E-state index < -0.39 is 25.0 Å². The number of hydrogen-bond donors (Lipinski definition) is 5. The number of pyridine rings is 1. The molecule has 1 aromatic heterocycles. The number of fused-ring (bicyclic) bond motifs is 1. The molecule has 5 N–H and O–H groups in total. The molecular formula is C17H21FN3O7P. The fourth-order valence-corrected chi connectivity index (χ4v) is 3.31. The second-order valence-corrected chi connectivity index (χ2v) is 7.91. The zero-order valence-electron chi connectivity index (χ0n) is 15.3. The van der Waals surface area contributed by atoms with Crippen molar-refractivity contribution in [1.29, 1.82) is 0 Å². The number of rotatable bonds is 3. The third kappa shape index (κ3) is 5.20. The van der Waals surface area contributed by atoms with Gasteiger partial charge in [-0.3, -0.25) is 4.79 Å². The summed E-state index contributed by atoms with van der Waals surface area (Å²) in [4.78, 5) is 47.3. The van der Waals surface area contributed by atoms with Gasteiger partial charge in [0.2, 0.25) is 5.43 Å². The summed E-state index contributed by atoms with van der Waals surface area (Å²) in [5.41, 5.74) is 0.159. The van der Waals surface area contributed by atoms with Crippen molar-refractivity contribution in [2.75, 3.05) is 31.1 Å². The van der Waals surface area contributed by atoms with E-state index in [1.807, 2.05) is 9.47 Å². The topological polar surface area (TPSA) is 152 Å². The number of carboxylic acids is 1. The third-order valence-electron chi connectivity index (χ3n) is 4.73. The second kappa shape index (κ2) is 8.21. The van der Waals surface area contributed by atoms with Crippen LogP contribution in [0.15, 0.2) is 23.1 Å². The van der Waals surface area contributed by atoms with E-state index in [1.54, 1.807) is 6.07 Å². The minimum Gasteiger partial charge on any atom is -0.477 e. The summed E-state index contributed by atoms with van der Waals surface area (Å²) in [6.07, 6.45) is 3.29. The Morgan fingerprint density at radius 1 is 1.17 bits per heavy atom. The average Bonchev–Trinajstić information content (AvgIpc) is 3.46. The number of nitrogens with one attached hydrogen (secondary N) is 1. The van der Waals surface area contributed by atoms with Gasteiger partial charge in [0.15, 0.2) is 0 Å². The maximum Gasteiger partial charge on any atom is 0.466 e. The number of aromatic nitrogens is 1. The minimum absolute atomic E-state index is 0.137. The molecule has 4 rings (SSSR count). The van der Waals surface area contributed by atoms with Gasteiger partial charge in [-0.05, 0) is 25.0 Å². The molecule has 2 aromatic rings. The molecule has 2 aliphatic rings. The molecule has 0 amide bonds. The highest BCUT2D eigenvalue weighted by Crippen LogP contribution is 2.38. The Kier molecular flexibility index (Phi) is 6.06. The number of carboxylic acid groups (broad SMARTS) is 1. The van der Waals surface area contributed by atoms with Crippen LogP contribution in [0.1, 0.15) is 29.2 Å². The zero-order chi connectivity index (χ0) is 21.3. The lowest BCUT2D eigenvalue weighted by Gasteiger charge is -2.30. The van der Waals surface area contributed by atoms with Gasteiger partial charge in [0, 0.05) is 43.8 Å². The van der Waals surface area contributed by atoms with Crippen LogP contribution in [-0.2, 0) is 4.57 Å². The Morgan fingerprint density at radius 2 is 1.76 bits per heavy atom. The molecule has 1 aliphatic heterocycles. The van der Waals surface area contributed by atoms with Crippen LogP contribution in [0.25, 0.3) is 10.9 Å². The van der Waals surface area contributed by atoms with Crippen molar-refractivity contribution in [1.82, 2.24) is 9.88 Å². The van der Waals surface area contributed by atoms with Gasteiger partial charge in [0.25, 0.3) is 0 Å². The van der Waals surface area contributed by atoms with Crippen molar-refractivity contribution in [3.63, 3.8) is 0 Å². The molecular weight excluding hydrogens is 408 g/mol. The van der Waals surface area contributed by atoms with Gasteiger partial charge >= 0.3 is 13.8 Å². The van der Waals surface area contributed by atoms with Crippen LogP contribution < -0.4 is 15.6 Å². The van der Waals surface area contributed by atoms with Gasteiger partial charge in [0.1, 0.15) is 11.4 Å². The highest BCUT2D eigenvalue weighted by atomic mass is 31.2. The molecule has 12 heteroatoms. The van der Waals surface area contributed by atoms with E-state index in [-0.39, 0.29) is 17.0 Å². The van der Waals surface area contributed by atoms with Gasteiger partial charge in [0.05, 0.1) is 11.2 Å². The van der Waals surface area contributed by atoms with Crippen LogP contribution in [0.3, 0.4) is 0 Å². The zero-order valence-corrected chi connectivity index (χ0v) is 16.2. The predicted octanol–water partition coefficient (Wildman–Crippen LogP) is 0.655. The molecule has 1 aliphatic carbocycles. The molecule has 29 heavy (non-hydrogen) atoms. The SMILES string of the molecule is O=C(O)c1cn(C2CC2)c2cc(N3CCNCC3)c(F)cc2c1=O.O=P(O)(O)O. The molecule has 1 aromatic carbocycles. The highest BCUT2D eigenvalue weighted by molar-refractivity contribution is 7.45. The van der Waals surface area contributed by atoms with E-state index >= 15 is 0 Å². The molecule has 1 saturated heterocycles. The highest BCUT2D eigenvalue weighted by Gasteiger charge is 2.28. The fraction of sp³-hybridized carbons (Fsp3) is 0.412. The minimum atomic E-state index is -4.64. The van der Waals surface area contributed by atoms with E-state index in [4.69, 9.17) is 19.2 Å². The first-order chi connectivity index (χ1) is 13.6. The lowest BCUT2D eigenvalue weighted by atomic mass is 10.1. The van der Waals surface area contributed by atoms with Crippen LogP contribution in [0.4, 0.5) is 10.1 Å². The first kappa shape index (κ1) is 21.4. The van der Waals surface area contributed by atoms with Gasteiger partial charge in [-0.15, -0.1) is 0 Å². The molecule has 1 saturated carbocycles. The van der Waals surface area contributed by atoms with Crippen molar-refractivity contribution in [2.45, 2.75) is 18.9 Å². The first-order valence-corrected chi connectivity index (χ1v) is 10.5. The molecule has 0 bridgehead atoms. The summed E-state index contributed by atoms with van der Waals surface area (Å²) < 4.78 is 25.3. The quantitative estimate of drug-likeness (QED) is 0.443. The van der Waals surface area contributed by atoms with Crippen molar-refractivity contribution in [2.24, 2.45) is 0 Å². The first-order valence-electron chi connectivity index (χ1n) is 8.92. The predicted molar refractivity (Wildman–Crippen MR) is 103 cm³/mol. The van der Waals surface area contributed by atoms with Crippen molar-refractivity contribution < 1.29 is 33.5 Å². The standard InChI is InChI=1S/C17H18FN3O3.H3O4P/c18-13-7-11-14(8-15(13)20-5-3-19-4-6-20)21(10-1-2-10)9-12(16(11)22)17(23)24;1-5(2,3)4/h7-10,19H,1-6H2,(H,23,24);(H3,1,2,3,4). The number of aromatic carboxylic acids is 1. The number of anilines is 1. The molecule has 2 heterocycles. The number of nitrogens with zero attached hydrogens (tertiary/aromatic N) is 2. The summed E-state index contributed by atoms with van der Waals surface area (Å²) in [7, 11) is -4.64. The lowest BCUT2D eigenvalue weighted by molar-refractivity contribution is 0.0694. The summed E-state index contributed by atoms with van der Waals surface area (Å²) in [6, 6.07) is 3.08. The van der Waals surface area contributed by atoms with E-state index in [2.05, 4.69) is 5.32 Å². The Hall–Kier alpha value is -2.30. The molecule has 0 unspecified atom stereocenters. The monoisotopic (exact) mass is 429 g/mol. The van der Waals surface area contributed by atoms with Crippen molar-refractivity contribution in [3.8, 4) is 0 Å². The molecule has 10 nitrogen and oxygen atoms in total. The van der Waals surface area contributed by atoms with Gasteiger partial charge in [-0.1, -0.05) is 0 Å². The van der Waals surface area contributed by atoms with E-state index in [0.717, 1.165) is 25.9 Å². The second-order valence-electron chi connectivity index (χ2n) is 6.89. The van der Waals surface area contributed by atoms with Crippen LogP contribution in [0.5, 0.6) is 0 Å². The van der Waals surface area contributed by atoms with Gasteiger partial charge in [-0.25, -0.2) is 13.8 Å². The van der Waals surface area contributed by atoms with Gasteiger partial charge < -0.3 is 34.6 Å². The number of piperazine rings is 1. The number of benzene rings is 1. The molecule has 0 atom stereocenters. The average molecular weight is 429 g/mol. The third-order valence-corrected chi connectivity index (χ3v) is 4.73. The Balaban J connectivity index is 0.000000431. The lowest BCUT2D eigenvalue weighted by Crippen LogP contribution is -2.43. The van der Waals surface area contributed by atoms with E-state index in [9.17, 15) is 19.1 Å². The molecule has 2 fully saturated rings. The number of phosphoric acid groups is 1. The Labute approximate surface area is 164 Å². The largest absolute Gasteiger partial charge is 0.477 e. The number of halogens is 1. The Morgan fingerprint density at radius 3 is 2.28 bits per heavy atom. The maximum atomic E-state index is 14.6. The van der Waals surface area contributed by atoms with Gasteiger partial charge in [-0.2, -0.15) is 0 Å². The smallest absolute Gasteiger partial charge is 0.466 e. The van der Waals surface area contributed by atoms with E-state index in [1.165, 1.54) is 12.3 Å². The summed E-state index contributed by atoms with van der Waals surface area (Å²) in [5, 5.41) is 12.6. The van der Waals surface area contributed by atoms with Crippen molar-refractivity contribution >= 4 is 30.4 Å². The van der Waals surface area contributed by atoms with Crippen LogP contribution in [0.2, 0.25) is 0 Å². The Bertz CT molecular complexity index is 1030. The summed E-state index contributed by atoms with van der Waals surface area (Å²) in [5.74, 6) is -1.76. The van der Waals surface area contributed by atoms with E-state index in [0.29, 0.717) is 24.3 Å². The number of hydrogen-bond acceptors (Lipinski definition) is 5. The van der Waals surface area contributed by atoms with Crippen molar-refractivity contribution in [3.05, 3.63) is 39.9 Å². The molecule has 158 valence electrons. The summed E-state index contributed by atoms with van der Waals surface area (Å²) >= 11 is 0. The molecule has 0 spiro atoms. The maximum absolute atomic E-state index is 14.6. The number of carbonyl (C=O) groups is 1. The fourth-order valence-electron chi connectivity index (χ4n) is 3.31. The van der Waals surface area contributed by atoms with Crippen LogP contribution in [-0.4, -0.2) is 56.5 Å².